The molecule has 1 fully saturated rings. The number of hydrogen-bond acceptors (Lipinski definition) is 3. The first-order valence-electron chi connectivity index (χ1n) is 5.43. The van der Waals surface area contributed by atoms with Crippen LogP contribution in [0.2, 0.25) is 0 Å². The molecular weight excluding hydrogens is 202 g/mol. The number of rotatable bonds is 1. The Morgan fingerprint density at radius 3 is 2.56 bits per heavy atom. The summed E-state index contributed by atoms with van der Waals surface area (Å²) >= 11 is 0. The number of carbonyl (C=O) groups is 1. The average molecular weight is 219 g/mol. The van der Waals surface area contributed by atoms with Crippen LogP contribution >= 0.6 is 0 Å². The van der Waals surface area contributed by atoms with Crippen LogP contribution in [0.25, 0.3) is 0 Å². The number of amides is 1. The van der Waals surface area contributed by atoms with Gasteiger partial charge in [0.15, 0.2) is 0 Å². The summed E-state index contributed by atoms with van der Waals surface area (Å²) in [4.78, 5) is 13.9. The van der Waals surface area contributed by atoms with Crippen LogP contribution in [0.4, 0.5) is 11.4 Å². The molecule has 4 heteroatoms. The SMILES string of the molecule is CC1(C)C(=O)NCCN1c1ccc(N)cc1. The molecule has 0 saturated carbocycles. The maximum atomic E-state index is 11.8. The van der Waals surface area contributed by atoms with Gasteiger partial charge in [0, 0.05) is 24.5 Å². The predicted molar refractivity (Wildman–Crippen MR) is 65.3 cm³/mol. The summed E-state index contributed by atoms with van der Waals surface area (Å²) in [7, 11) is 0. The van der Waals surface area contributed by atoms with E-state index in [-0.39, 0.29) is 5.91 Å². The summed E-state index contributed by atoms with van der Waals surface area (Å²) < 4.78 is 0. The monoisotopic (exact) mass is 219 g/mol. The van der Waals surface area contributed by atoms with E-state index < -0.39 is 5.54 Å². The van der Waals surface area contributed by atoms with Crippen molar-refractivity contribution >= 4 is 17.3 Å². The Balaban J connectivity index is 2.32. The topological polar surface area (TPSA) is 58.4 Å². The van der Waals surface area contributed by atoms with Crippen molar-refractivity contribution in [2.45, 2.75) is 19.4 Å². The first-order chi connectivity index (χ1) is 7.51. The van der Waals surface area contributed by atoms with E-state index in [9.17, 15) is 4.79 Å². The quantitative estimate of drug-likeness (QED) is 0.692. The Morgan fingerprint density at radius 1 is 1.31 bits per heavy atom. The zero-order chi connectivity index (χ0) is 11.8. The number of nitrogens with zero attached hydrogens (tertiary/aromatic N) is 1. The largest absolute Gasteiger partial charge is 0.399 e. The Kier molecular flexibility index (Phi) is 2.50. The minimum absolute atomic E-state index is 0.0653. The number of nitrogen functional groups attached to an aromatic ring is 1. The van der Waals surface area contributed by atoms with Crippen LogP contribution in [-0.2, 0) is 4.79 Å². The summed E-state index contributed by atoms with van der Waals surface area (Å²) in [6.45, 7) is 5.37. The van der Waals surface area contributed by atoms with E-state index >= 15 is 0 Å². The molecule has 0 aromatic heterocycles. The molecule has 1 aromatic rings. The van der Waals surface area contributed by atoms with E-state index in [1.165, 1.54) is 0 Å². The van der Waals surface area contributed by atoms with Gasteiger partial charge in [0.2, 0.25) is 5.91 Å². The van der Waals surface area contributed by atoms with Gasteiger partial charge in [0.05, 0.1) is 0 Å². The fourth-order valence-corrected chi connectivity index (χ4v) is 2.01. The van der Waals surface area contributed by atoms with Crippen molar-refractivity contribution in [3.63, 3.8) is 0 Å². The van der Waals surface area contributed by atoms with Crippen molar-refractivity contribution < 1.29 is 4.79 Å². The van der Waals surface area contributed by atoms with Gasteiger partial charge in [-0.25, -0.2) is 0 Å². The molecule has 0 atom stereocenters. The van der Waals surface area contributed by atoms with Crippen LogP contribution in [0.1, 0.15) is 13.8 Å². The van der Waals surface area contributed by atoms with E-state index in [4.69, 9.17) is 5.73 Å². The lowest BCUT2D eigenvalue weighted by atomic mass is 9.98. The fourth-order valence-electron chi connectivity index (χ4n) is 2.01. The highest BCUT2D eigenvalue weighted by molar-refractivity contribution is 5.90. The van der Waals surface area contributed by atoms with Gasteiger partial charge >= 0.3 is 0 Å². The Bertz CT molecular complexity index is 397. The molecule has 3 N–H and O–H groups in total. The molecule has 1 heterocycles. The van der Waals surface area contributed by atoms with Gasteiger partial charge in [0.25, 0.3) is 0 Å². The first kappa shape index (κ1) is 10.8. The van der Waals surface area contributed by atoms with Crippen molar-refractivity contribution in [2.24, 2.45) is 0 Å². The van der Waals surface area contributed by atoms with Crippen LogP contribution in [0.15, 0.2) is 24.3 Å². The lowest BCUT2D eigenvalue weighted by molar-refractivity contribution is -0.126. The molecule has 1 saturated heterocycles. The summed E-state index contributed by atoms with van der Waals surface area (Å²) in [5.41, 5.74) is 6.92. The van der Waals surface area contributed by atoms with Crippen LogP contribution in [0.5, 0.6) is 0 Å². The van der Waals surface area contributed by atoms with Crippen LogP contribution < -0.4 is 16.0 Å². The van der Waals surface area contributed by atoms with Gasteiger partial charge < -0.3 is 16.0 Å². The zero-order valence-electron chi connectivity index (χ0n) is 9.66. The molecule has 16 heavy (non-hydrogen) atoms. The van der Waals surface area contributed by atoms with Crippen LogP contribution in [-0.4, -0.2) is 24.5 Å². The zero-order valence-corrected chi connectivity index (χ0v) is 9.66. The van der Waals surface area contributed by atoms with Crippen molar-refractivity contribution in [2.75, 3.05) is 23.7 Å². The fraction of sp³-hybridized carbons (Fsp3) is 0.417. The van der Waals surface area contributed by atoms with Crippen LogP contribution in [0, 0.1) is 0 Å². The summed E-state index contributed by atoms with van der Waals surface area (Å²) in [5.74, 6) is 0.0653. The number of nitrogens with one attached hydrogen (secondary N) is 1. The minimum atomic E-state index is -0.506. The summed E-state index contributed by atoms with van der Waals surface area (Å²) in [5, 5.41) is 2.88. The standard InChI is InChI=1S/C12H17N3O/c1-12(2)11(16)14-7-8-15(12)10-5-3-9(13)4-6-10/h3-6H,7-8,13H2,1-2H3,(H,14,16). The molecule has 4 nitrogen and oxygen atoms in total. The van der Waals surface area contributed by atoms with Crippen LogP contribution in [0.3, 0.4) is 0 Å². The van der Waals surface area contributed by atoms with E-state index in [0.29, 0.717) is 6.54 Å². The van der Waals surface area contributed by atoms with Gasteiger partial charge in [-0.3, -0.25) is 4.79 Å². The van der Waals surface area contributed by atoms with Gasteiger partial charge in [-0.15, -0.1) is 0 Å². The Morgan fingerprint density at radius 2 is 1.94 bits per heavy atom. The van der Waals surface area contributed by atoms with E-state index in [0.717, 1.165) is 17.9 Å². The van der Waals surface area contributed by atoms with Gasteiger partial charge in [0.1, 0.15) is 5.54 Å². The molecule has 0 radical (unpaired) electrons. The molecule has 1 aliphatic rings. The van der Waals surface area contributed by atoms with Crippen molar-refractivity contribution in [1.29, 1.82) is 0 Å². The van der Waals surface area contributed by atoms with Crippen molar-refractivity contribution in [3.8, 4) is 0 Å². The highest BCUT2D eigenvalue weighted by Crippen LogP contribution is 2.26. The van der Waals surface area contributed by atoms with E-state index in [1.807, 2.05) is 38.1 Å². The average Bonchev–Trinajstić information content (AvgIpc) is 2.24. The maximum Gasteiger partial charge on any atom is 0.245 e. The third-order valence-corrected chi connectivity index (χ3v) is 3.06. The van der Waals surface area contributed by atoms with Crippen molar-refractivity contribution in [3.05, 3.63) is 24.3 Å². The van der Waals surface area contributed by atoms with Crippen molar-refractivity contribution in [1.82, 2.24) is 5.32 Å². The second kappa shape index (κ2) is 3.70. The molecule has 0 unspecified atom stereocenters. The minimum Gasteiger partial charge on any atom is -0.399 e. The third-order valence-electron chi connectivity index (χ3n) is 3.06. The van der Waals surface area contributed by atoms with Gasteiger partial charge in [-0.05, 0) is 38.1 Å². The second-order valence-electron chi connectivity index (χ2n) is 4.56. The predicted octanol–water partition coefficient (Wildman–Crippen LogP) is 0.984. The molecule has 0 aliphatic carbocycles. The maximum absolute atomic E-state index is 11.8. The highest BCUT2D eigenvalue weighted by Gasteiger charge is 2.37. The smallest absolute Gasteiger partial charge is 0.245 e. The lowest BCUT2D eigenvalue weighted by Crippen LogP contribution is -2.62. The normalized spacial score (nSPS) is 19.4. The number of carbonyl (C=O) groups excluding carboxylic acids is 1. The molecule has 1 aromatic carbocycles. The summed E-state index contributed by atoms with van der Waals surface area (Å²) in [6, 6.07) is 7.63. The third kappa shape index (κ3) is 1.71. The Labute approximate surface area is 95.4 Å². The van der Waals surface area contributed by atoms with E-state index in [2.05, 4.69) is 10.2 Å². The molecule has 0 spiro atoms. The number of piperazine rings is 1. The second-order valence-corrected chi connectivity index (χ2v) is 4.56. The molecular formula is C12H17N3O. The first-order valence-corrected chi connectivity index (χ1v) is 5.43. The molecule has 86 valence electrons. The molecule has 1 amide bonds. The van der Waals surface area contributed by atoms with Gasteiger partial charge in [-0.1, -0.05) is 0 Å². The highest BCUT2D eigenvalue weighted by atomic mass is 16.2. The Hall–Kier alpha value is -1.71. The number of nitrogens with two attached hydrogens (primary N) is 1. The lowest BCUT2D eigenvalue weighted by Gasteiger charge is -2.42. The number of benzene rings is 1. The van der Waals surface area contributed by atoms with E-state index in [1.54, 1.807) is 0 Å². The summed E-state index contributed by atoms with van der Waals surface area (Å²) in [6.07, 6.45) is 0. The number of hydrogen-bond donors (Lipinski definition) is 2. The molecule has 2 rings (SSSR count). The molecule has 1 aliphatic heterocycles. The van der Waals surface area contributed by atoms with Gasteiger partial charge in [-0.2, -0.15) is 0 Å². The molecule has 0 bridgehead atoms. The number of anilines is 2.